The third kappa shape index (κ3) is 2.61. The molecule has 78 valence electrons. The number of hydrogen-bond donors (Lipinski definition) is 0. The van der Waals surface area contributed by atoms with Crippen molar-refractivity contribution in [1.82, 2.24) is 4.98 Å². The highest BCUT2D eigenvalue weighted by molar-refractivity contribution is 9.10. The Balaban J connectivity index is 3.27. The summed E-state index contributed by atoms with van der Waals surface area (Å²) in [5.41, 5.74) is -0.519. The summed E-state index contributed by atoms with van der Waals surface area (Å²) in [5, 5.41) is 0. The van der Waals surface area contributed by atoms with E-state index in [2.05, 4.69) is 20.9 Å². The Hall–Kier alpha value is -0.270. The van der Waals surface area contributed by atoms with Crippen molar-refractivity contribution in [1.29, 1.82) is 0 Å². The van der Waals surface area contributed by atoms with Gasteiger partial charge < -0.3 is 0 Å². The Morgan fingerprint density at radius 2 is 2.07 bits per heavy atom. The van der Waals surface area contributed by atoms with E-state index in [1.165, 1.54) is 0 Å². The molecule has 0 fully saturated rings. The van der Waals surface area contributed by atoms with Gasteiger partial charge >= 0.3 is 0 Å². The number of hydrogen-bond acceptors (Lipinski definition) is 3. The smallest absolute Gasteiger partial charge is 0.253 e. The van der Waals surface area contributed by atoms with Crippen LogP contribution in [0.5, 0.6) is 0 Å². The number of pyridine rings is 1. The maximum atomic E-state index is 12.2. The number of alkyl halides is 2. The summed E-state index contributed by atoms with van der Waals surface area (Å²) in [6.45, 7) is 0. The highest BCUT2D eigenvalue weighted by Crippen LogP contribution is 2.27. The van der Waals surface area contributed by atoms with E-state index in [0.717, 1.165) is 12.3 Å². The molecule has 0 bridgehead atoms. The molecule has 0 N–H and O–H groups in total. The van der Waals surface area contributed by atoms with Crippen LogP contribution in [-0.2, 0) is 9.05 Å². The number of aromatic nitrogens is 1. The predicted molar refractivity (Wildman–Crippen MR) is 49.9 cm³/mol. The van der Waals surface area contributed by atoms with Crippen molar-refractivity contribution < 1.29 is 17.2 Å². The van der Waals surface area contributed by atoms with E-state index < -0.39 is 21.2 Å². The standard InChI is InChI=1S/C6H3BrClF2NO2S/c7-4-1-3(14(8,12)13)2-11-5(4)6(9)10/h1-2,6H. The van der Waals surface area contributed by atoms with Gasteiger partial charge in [-0.15, -0.1) is 0 Å². The van der Waals surface area contributed by atoms with Crippen molar-refractivity contribution in [2.24, 2.45) is 0 Å². The molecule has 0 saturated heterocycles. The molecule has 8 heteroatoms. The molecule has 1 heterocycles. The normalized spacial score (nSPS) is 12.1. The largest absolute Gasteiger partial charge is 0.281 e. The Morgan fingerprint density at radius 3 is 2.43 bits per heavy atom. The van der Waals surface area contributed by atoms with E-state index in [0.29, 0.717) is 0 Å². The number of rotatable bonds is 2. The quantitative estimate of drug-likeness (QED) is 0.789. The van der Waals surface area contributed by atoms with Crippen LogP contribution in [0.3, 0.4) is 0 Å². The van der Waals surface area contributed by atoms with Crippen LogP contribution in [0.15, 0.2) is 21.6 Å². The summed E-state index contributed by atoms with van der Waals surface area (Å²) in [6, 6.07) is 0.983. The average Bonchev–Trinajstić information content (AvgIpc) is 2.01. The lowest BCUT2D eigenvalue weighted by atomic mass is 10.4. The Morgan fingerprint density at radius 1 is 1.50 bits per heavy atom. The number of halogens is 4. The van der Waals surface area contributed by atoms with Crippen LogP contribution in [-0.4, -0.2) is 13.4 Å². The molecule has 0 spiro atoms. The molecule has 3 nitrogen and oxygen atoms in total. The topological polar surface area (TPSA) is 47.0 Å². The van der Waals surface area contributed by atoms with E-state index in [1.807, 2.05) is 0 Å². The Bertz CT molecular complexity index is 451. The van der Waals surface area contributed by atoms with Gasteiger partial charge in [0.05, 0.1) is 0 Å². The van der Waals surface area contributed by atoms with Crippen LogP contribution in [0.4, 0.5) is 8.78 Å². The molecule has 0 aliphatic carbocycles. The van der Waals surface area contributed by atoms with E-state index in [-0.39, 0.29) is 9.37 Å². The second-order valence-electron chi connectivity index (χ2n) is 2.28. The van der Waals surface area contributed by atoms with Crippen molar-refractivity contribution in [3.8, 4) is 0 Å². The van der Waals surface area contributed by atoms with Crippen molar-refractivity contribution in [2.45, 2.75) is 11.3 Å². The first kappa shape index (κ1) is 11.8. The second-order valence-corrected chi connectivity index (χ2v) is 5.70. The highest BCUT2D eigenvalue weighted by atomic mass is 79.9. The summed E-state index contributed by atoms with van der Waals surface area (Å²) < 4.78 is 45.8. The Kier molecular flexibility index (Phi) is 3.44. The molecule has 0 unspecified atom stereocenters. The van der Waals surface area contributed by atoms with Crippen LogP contribution >= 0.6 is 26.6 Å². The lowest BCUT2D eigenvalue weighted by molar-refractivity contribution is 0.145. The number of nitrogens with zero attached hydrogens (tertiary/aromatic N) is 1. The molecule has 1 aromatic heterocycles. The van der Waals surface area contributed by atoms with Crippen LogP contribution in [0.25, 0.3) is 0 Å². The van der Waals surface area contributed by atoms with Gasteiger partial charge in [-0.25, -0.2) is 17.2 Å². The fourth-order valence-electron chi connectivity index (χ4n) is 0.725. The molecule has 0 aliphatic heterocycles. The van der Waals surface area contributed by atoms with Gasteiger partial charge in [0.15, 0.2) is 0 Å². The summed E-state index contributed by atoms with van der Waals surface area (Å²) in [6.07, 6.45) is -1.98. The van der Waals surface area contributed by atoms with Crippen LogP contribution < -0.4 is 0 Å². The van der Waals surface area contributed by atoms with E-state index in [9.17, 15) is 17.2 Å². The lowest BCUT2D eigenvalue weighted by Crippen LogP contribution is -1.97. The molecule has 14 heavy (non-hydrogen) atoms. The van der Waals surface area contributed by atoms with Gasteiger partial charge in [0.1, 0.15) is 10.6 Å². The van der Waals surface area contributed by atoms with Crippen molar-refractivity contribution in [3.05, 3.63) is 22.4 Å². The first-order valence-electron chi connectivity index (χ1n) is 3.20. The predicted octanol–water partition coefficient (Wildman–Crippen LogP) is 2.71. The first-order chi connectivity index (χ1) is 6.32. The van der Waals surface area contributed by atoms with E-state index >= 15 is 0 Å². The molecule has 1 aromatic rings. The Labute approximate surface area is 91.6 Å². The van der Waals surface area contributed by atoms with Gasteiger partial charge in [0.25, 0.3) is 15.5 Å². The fourth-order valence-corrected chi connectivity index (χ4v) is 2.09. The van der Waals surface area contributed by atoms with E-state index in [1.54, 1.807) is 0 Å². The molecule has 0 amide bonds. The molecule has 0 atom stereocenters. The molecule has 0 saturated carbocycles. The van der Waals surface area contributed by atoms with Crippen molar-refractivity contribution >= 4 is 35.7 Å². The highest BCUT2D eigenvalue weighted by Gasteiger charge is 2.17. The van der Waals surface area contributed by atoms with Crippen LogP contribution in [0.1, 0.15) is 12.1 Å². The minimum absolute atomic E-state index is 0.0887. The average molecular weight is 307 g/mol. The van der Waals surface area contributed by atoms with Gasteiger partial charge in [0, 0.05) is 21.4 Å². The lowest BCUT2D eigenvalue weighted by Gasteiger charge is -2.02. The third-order valence-corrected chi connectivity index (χ3v) is 3.29. The summed E-state index contributed by atoms with van der Waals surface area (Å²) in [7, 11) is 1.05. The van der Waals surface area contributed by atoms with Crippen LogP contribution in [0, 0.1) is 0 Å². The summed E-state index contributed by atoms with van der Waals surface area (Å²) >= 11 is 2.77. The van der Waals surface area contributed by atoms with Crippen LogP contribution in [0.2, 0.25) is 0 Å². The van der Waals surface area contributed by atoms with Gasteiger partial charge in [-0.1, -0.05) is 0 Å². The van der Waals surface area contributed by atoms with Crippen molar-refractivity contribution in [2.75, 3.05) is 0 Å². The minimum Gasteiger partial charge on any atom is -0.253 e. The zero-order valence-electron chi connectivity index (χ0n) is 6.42. The summed E-state index contributed by atoms with van der Waals surface area (Å²) in [4.78, 5) is 2.96. The zero-order valence-corrected chi connectivity index (χ0v) is 9.57. The van der Waals surface area contributed by atoms with Gasteiger partial charge in [-0.05, 0) is 22.0 Å². The first-order valence-corrected chi connectivity index (χ1v) is 6.31. The maximum absolute atomic E-state index is 12.2. The molecular weight excluding hydrogens is 303 g/mol. The SMILES string of the molecule is O=S(=O)(Cl)c1cnc(C(F)F)c(Br)c1. The van der Waals surface area contributed by atoms with E-state index in [4.69, 9.17) is 10.7 Å². The molecule has 0 aromatic carbocycles. The monoisotopic (exact) mass is 305 g/mol. The van der Waals surface area contributed by atoms with Gasteiger partial charge in [-0.3, -0.25) is 4.98 Å². The maximum Gasteiger partial charge on any atom is 0.281 e. The summed E-state index contributed by atoms with van der Waals surface area (Å²) in [5.74, 6) is 0. The molecule has 0 aliphatic rings. The van der Waals surface area contributed by atoms with Gasteiger partial charge in [0.2, 0.25) is 0 Å². The van der Waals surface area contributed by atoms with Gasteiger partial charge in [-0.2, -0.15) is 0 Å². The molecule has 1 rings (SSSR count). The third-order valence-electron chi connectivity index (χ3n) is 1.33. The van der Waals surface area contributed by atoms with Crippen molar-refractivity contribution in [3.63, 3.8) is 0 Å². The minimum atomic E-state index is -3.93. The second kappa shape index (κ2) is 4.08. The molecule has 0 radical (unpaired) electrons. The fraction of sp³-hybridized carbons (Fsp3) is 0.167. The zero-order chi connectivity index (χ0) is 10.9. The molecular formula is C6H3BrClF2NO2S.